The van der Waals surface area contributed by atoms with Gasteiger partial charge < -0.3 is 5.32 Å². The summed E-state index contributed by atoms with van der Waals surface area (Å²) in [7, 11) is 1.65. The van der Waals surface area contributed by atoms with Gasteiger partial charge in [0.25, 0.3) is 0 Å². The van der Waals surface area contributed by atoms with Crippen molar-refractivity contribution < 1.29 is 17.6 Å². The lowest BCUT2D eigenvalue weighted by Gasteiger charge is -2.34. The molecular formula is C16H21F4N. The minimum absolute atomic E-state index is 0.0316. The van der Waals surface area contributed by atoms with E-state index in [1.807, 2.05) is 0 Å². The summed E-state index contributed by atoms with van der Waals surface area (Å²) in [6.45, 7) is 2.12. The Morgan fingerprint density at radius 1 is 1.24 bits per heavy atom. The fraction of sp³-hybridized carbons (Fsp3) is 0.625. The predicted octanol–water partition coefficient (Wildman–Crippen LogP) is 4.93. The number of alkyl halides is 3. The molecule has 0 aliphatic heterocycles. The Hall–Kier alpha value is -1.10. The summed E-state index contributed by atoms with van der Waals surface area (Å²) in [5, 5.41) is 2.98. The maximum atomic E-state index is 13.5. The van der Waals surface area contributed by atoms with E-state index in [2.05, 4.69) is 12.2 Å². The molecule has 0 spiro atoms. The van der Waals surface area contributed by atoms with Crippen LogP contribution in [0, 0.1) is 17.7 Å². The Morgan fingerprint density at radius 2 is 1.95 bits per heavy atom. The number of halogens is 4. The molecule has 0 radical (unpaired) electrons. The van der Waals surface area contributed by atoms with Crippen molar-refractivity contribution in [3.8, 4) is 0 Å². The smallest absolute Gasteiger partial charge is 0.313 e. The lowest BCUT2D eigenvalue weighted by Crippen LogP contribution is -2.31. The van der Waals surface area contributed by atoms with E-state index in [1.54, 1.807) is 7.05 Å². The molecule has 118 valence electrons. The van der Waals surface area contributed by atoms with Crippen LogP contribution in [0.1, 0.15) is 49.8 Å². The van der Waals surface area contributed by atoms with Crippen LogP contribution in [-0.4, -0.2) is 7.05 Å². The Bertz CT molecular complexity index is 484. The van der Waals surface area contributed by atoms with Gasteiger partial charge in [0.2, 0.25) is 0 Å². The van der Waals surface area contributed by atoms with Gasteiger partial charge in [-0.05, 0) is 55.5 Å². The summed E-state index contributed by atoms with van der Waals surface area (Å²) < 4.78 is 53.0. The average Bonchev–Trinajstić information content (AvgIpc) is 2.38. The van der Waals surface area contributed by atoms with E-state index in [0.29, 0.717) is 5.92 Å². The highest BCUT2D eigenvalue weighted by atomic mass is 19.4. The van der Waals surface area contributed by atoms with Crippen molar-refractivity contribution in [2.75, 3.05) is 7.05 Å². The minimum Gasteiger partial charge on any atom is -0.313 e. The van der Waals surface area contributed by atoms with Gasteiger partial charge in [0, 0.05) is 6.04 Å². The number of hydrogen-bond acceptors (Lipinski definition) is 1. The molecule has 1 aliphatic carbocycles. The average molecular weight is 303 g/mol. The molecule has 1 fully saturated rings. The summed E-state index contributed by atoms with van der Waals surface area (Å²) in [5.74, 6) is -0.00810. The third kappa shape index (κ3) is 3.76. The Morgan fingerprint density at radius 3 is 2.52 bits per heavy atom. The zero-order valence-corrected chi connectivity index (χ0v) is 12.3. The normalized spacial score (nSPS) is 24.9. The van der Waals surface area contributed by atoms with Gasteiger partial charge in [0.05, 0.1) is 5.56 Å². The second kappa shape index (κ2) is 6.34. The maximum absolute atomic E-state index is 13.5. The zero-order chi connectivity index (χ0) is 15.6. The van der Waals surface area contributed by atoms with E-state index >= 15 is 0 Å². The van der Waals surface area contributed by atoms with Crippen LogP contribution in [-0.2, 0) is 6.18 Å². The molecule has 21 heavy (non-hydrogen) atoms. The molecule has 1 aliphatic rings. The standard InChI is InChI=1S/C16H21F4N/c1-10-4-3-5-11(8-10)15(21-2)13-9-12(17)6-7-14(13)16(18,19)20/h6-7,9-11,15,21H,3-5,8H2,1-2H3. The van der Waals surface area contributed by atoms with Crippen LogP contribution in [0.2, 0.25) is 0 Å². The fourth-order valence-corrected chi connectivity index (χ4v) is 3.48. The number of benzene rings is 1. The molecule has 2 rings (SSSR count). The molecule has 1 nitrogen and oxygen atoms in total. The maximum Gasteiger partial charge on any atom is 0.416 e. The van der Waals surface area contributed by atoms with Gasteiger partial charge in [-0.3, -0.25) is 0 Å². The van der Waals surface area contributed by atoms with Crippen LogP contribution < -0.4 is 5.32 Å². The van der Waals surface area contributed by atoms with E-state index < -0.39 is 23.6 Å². The first-order valence-corrected chi connectivity index (χ1v) is 7.36. The molecule has 0 heterocycles. The van der Waals surface area contributed by atoms with Crippen LogP contribution in [0.25, 0.3) is 0 Å². The quantitative estimate of drug-likeness (QED) is 0.781. The monoisotopic (exact) mass is 303 g/mol. The van der Waals surface area contributed by atoms with E-state index in [0.717, 1.165) is 43.9 Å². The van der Waals surface area contributed by atoms with Gasteiger partial charge in [0.1, 0.15) is 5.82 Å². The van der Waals surface area contributed by atoms with Crippen LogP contribution in [0.15, 0.2) is 18.2 Å². The highest BCUT2D eigenvalue weighted by molar-refractivity contribution is 5.33. The largest absolute Gasteiger partial charge is 0.416 e. The molecule has 3 atom stereocenters. The van der Waals surface area contributed by atoms with Crippen molar-refractivity contribution in [2.24, 2.45) is 11.8 Å². The molecule has 3 unspecified atom stereocenters. The van der Waals surface area contributed by atoms with Crippen LogP contribution in [0.5, 0.6) is 0 Å². The van der Waals surface area contributed by atoms with Gasteiger partial charge in [-0.25, -0.2) is 4.39 Å². The van der Waals surface area contributed by atoms with E-state index in [-0.39, 0.29) is 11.5 Å². The third-order valence-corrected chi connectivity index (χ3v) is 4.41. The van der Waals surface area contributed by atoms with Crippen molar-refractivity contribution in [1.82, 2.24) is 5.32 Å². The zero-order valence-electron chi connectivity index (χ0n) is 12.3. The first-order valence-electron chi connectivity index (χ1n) is 7.36. The second-order valence-corrected chi connectivity index (χ2v) is 6.03. The summed E-state index contributed by atoms with van der Waals surface area (Å²) in [6.07, 6.45) is -0.579. The first-order chi connectivity index (χ1) is 9.82. The SMILES string of the molecule is CNC(c1cc(F)ccc1C(F)(F)F)C1CCCC(C)C1. The second-order valence-electron chi connectivity index (χ2n) is 6.03. The summed E-state index contributed by atoms with van der Waals surface area (Å²) in [5.41, 5.74) is -0.703. The van der Waals surface area contributed by atoms with Gasteiger partial charge in [-0.1, -0.05) is 19.8 Å². The van der Waals surface area contributed by atoms with Gasteiger partial charge in [-0.2, -0.15) is 13.2 Å². The van der Waals surface area contributed by atoms with Crippen molar-refractivity contribution in [1.29, 1.82) is 0 Å². The lowest BCUT2D eigenvalue weighted by atomic mass is 9.76. The van der Waals surface area contributed by atoms with Crippen molar-refractivity contribution in [3.63, 3.8) is 0 Å². The molecule has 5 heteroatoms. The fourth-order valence-electron chi connectivity index (χ4n) is 3.48. The lowest BCUT2D eigenvalue weighted by molar-refractivity contribution is -0.138. The van der Waals surface area contributed by atoms with Crippen molar-refractivity contribution in [3.05, 3.63) is 35.1 Å². The molecule has 1 N–H and O–H groups in total. The summed E-state index contributed by atoms with van der Waals surface area (Å²) in [6, 6.07) is 2.30. The van der Waals surface area contributed by atoms with E-state index in [1.165, 1.54) is 0 Å². The van der Waals surface area contributed by atoms with Crippen LogP contribution in [0.3, 0.4) is 0 Å². The highest BCUT2D eigenvalue weighted by Gasteiger charge is 2.37. The summed E-state index contributed by atoms with van der Waals surface area (Å²) >= 11 is 0. The number of nitrogens with one attached hydrogen (secondary N) is 1. The molecular weight excluding hydrogens is 282 g/mol. The Labute approximate surface area is 122 Å². The van der Waals surface area contributed by atoms with Crippen molar-refractivity contribution >= 4 is 0 Å². The van der Waals surface area contributed by atoms with Gasteiger partial charge in [0.15, 0.2) is 0 Å². The first kappa shape index (κ1) is 16.3. The molecule has 0 saturated heterocycles. The minimum atomic E-state index is -4.46. The Kier molecular flexibility index (Phi) is 4.91. The molecule has 0 bridgehead atoms. The third-order valence-electron chi connectivity index (χ3n) is 4.41. The van der Waals surface area contributed by atoms with Gasteiger partial charge >= 0.3 is 6.18 Å². The number of rotatable bonds is 3. The molecule has 1 saturated carbocycles. The van der Waals surface area contributed by atoms with E-state index in [4.69, 9.17) is 0 Å². The molecule has 0 amide bonds. The number of hydrogen-bond donors (Lipinski definition) is 1. The van der Waals surface area contributed by atoms with E-state index in [9.17, 15) is 17.6 Å². The Balaban J connectivity index is 2.39. The predicted molar refractivity (Wildman–Crippen MR) is 74.3 cm³/mol. The summed E-state index contributed by atoms with van der Waals surface area (Å²) in [4.78, 5) is 0. The van der Waals surface area contributed by atoms with Gasteiger partial charge in [-0.15, -0.1) is 0 Å². The van der Waals surface area contributed by atoms with Crippen LogP contribution >= 0.6 is 0 Å². The molecule has 1 aromatic carbocycles. The molecule has 0 aromatic heterocycles. The highest BCUT2D eigenvalue weighted by Crippen LogP contribution is 2.41. The molecule has 1 aromatic rings. The van der Waals surface area contributed by atoms with Crippen LogP contribution in [0.4, 0.5) is 17.6 Å². The van der Waals surface area contributed by atoms with Crippen molar-refractivity contribution in [2.45, 2.75) is 44.8 Å². The topological polar surface area (TPSA) is 12.0 Å².